The lowest BCUT2D eigenvalue weighted by Gasteiger charge is -2.25. The van der Waals surface area contributed by atoms with Crippen molar-refractivity contribution in [3.8, 4) is 0 Å². The van der Waals surface area contributed by atoms with E-state index in [-0.39, 0.29) is 12.5 Å². The van der Waals surface area contributed by atoms with Gasteiger partial charge in [0.05, 0.1) is 6.54 Å². The third kappa shape index (κ3) is 3.44. The molecule has 1 aliphatic carbocycles. The Kier molecular flexibility index (Phi) is 4.56. The molecule has 0 saturated heterocycles. The average molecular weight is 288 g/mol. The normalized spacial score (nSPS) is 17.3. The van der Waals surface area contributed by atoms with Crippen LogP contribution < -0.4 is 4.90 Å². The lowest BCUT2D eigenvalue weighted by atomic mass is 10.2. The fourth-order valence-corrected chi connectivity index (χ4v) is 3.11. The van der Waals surface area contributed by atoms with E-state index >= 15 is 0 Å². The minimum absolute atomic E-state index is 0.218. The number of hydrogen-bond donors (Lipinski definition) is 1. The van der Waals surface area contributed by atoms with Gasteiger partial charge in [-0.05, 0) is 50.3 Å². The summed E-state index contributed by atoms with van der Waals surface area (Å²) in [4.78, 5) is 16.9. The van der Waals surface area contributed by atoms with E-state index in [4.69, 9.17) is 5.11 Å². The lowest BCUT2D eigenvalue weighted by molar-refractivity contribution is -0.119. The molecule has 1 aromatic rings. The van der Waals surface area contributed by atoms with Crippen molar-refractivity contribution >= 4 is 11.6 Å². The highest BCUT2D eigenvalue weighted by molar-refractivity contribution is 5.96. The number of carbonyl (C=O) groups is 1. The summed E-state index contributed by atoms with van der Waals surface area (Å²) in [6.07, 6.45) is 5.18. The molecule has 1 saturated carbocycles. The summed E-state index contributed by atoms with van der Waals surface area (Å²) in [5, 5.41) is 8.90. The third-order valence-corrected chi connectivity index (χ3v) is 4.44. The van der Waals surface area contributed by atoms with Gasteiger partial charge >= 0.3 is 0 Å². The van der Waals surface area contributed by atoms with Crippen molar-refractivity contribution in [2.75, 3.05) is 31.1 Å². The second-order valence-corrected chi connectivity index (χ2v) is 6.06. The monoisotopic (exact) mass is 288 g/mol. The molecule has 114 valence electrons. The first-order valence-electron chi connectivity index (χ1n) is 8.03. The van der Waals surface area contributed by atoms with Gasteiger partial charge in [-0.25, -0.2) is 0 Å². The van der Waals surface area contributed by atoms with E-state index < -0.39 is 0 Å². The Bertz CT molecular complexity index is 499. The summed E-state index contributed by atoms with van der Waals surface area (Å²) in [6, 6.07) is 8.80. The van der Waals surface area contributed by atoms with Crippen LogP contribution >= 0.6 is 0 Å². The Hall–Kier alpha value is -1.39. The first-order chi connectivity index (χ1) is 10.3. The first-order valence-corrected chi connectivity index (χ1v) is 8.03. The van der Waals surface area contributed by atoms with Gasteiger partial charge in [0.25, 0.3) is 0 Å². The second kappa shape index (κ2) is 6.58. The molecule has 0 radical (unpaired) electrons. The number of unbranched alkanes of at least 4 members (excludes halogenated alkanes) is 1. The maximum Gasteiger partial charge on any atom is 0.241 e. The summed E-state index contributed by atoms with van der Waals surface area (Å²) >= 11 is 0. The van der Waals surface area contributed by atoms with Crippen LogP contribution in [0, 0.1) is 0 Å². The molecule has 1 N–H and O–H groups in total. The van der Waals surface area contributed by atoms with Crippen LogP contribution in [-0.4, -0.2) is 48.2 Å². The van der Waals surface area contributed by atoms with E-state index in [0.29, 0.717) is 12.6 Å². The maximum absolute atomic E-state index is 12.6. The molecule has 4 heteroatoms. The lowest BCUT2D eigenvalue weighted by Crippen LogP contribution is -2.41. The standard InChI is InChI=1S/C17H24N2O2/c20-12-4-3-10-18(15-7-8-15)13-17(21)19-11-9-14-5-1-2-6-16(14)19/h1-2,5-6,15,20H,3-4,7-13H2. The molecule has 0 spiro atoms. The van der Waals surface area contributed by atoms with Crippen molar-refractivity contribution in [3.63, 3.8) is 0 Å². The number of carbonyl (C=O) groups excluding carboxylic acids is 1. The molecule has 0 aromatic heterocycles. The Labute approximate surface area is 126 Å². The summed E-state index contributed by atoms with van der Waals surface area (Å²) in [7, 11) is 0. The maximum atomic E-state index is 12.6. The molecule has 2 aliphatic rings. The van der Waals surface area contributed by atoms with Gasteiger partial charge in [0, 0.05) is 24.9 Å². The van der Waals surface area contributed by atoms with Crippen LogP contribution in [0.1, 0.15) is 31.2 Å². The van der Waals surface area contributed by atoms with Crippen molar-refractivity contribution in [2.45, 2.75) is 38.1 Å². The highest BCUT2D eigenvalue weighted by Gasteiger charge is 2.32. The Morgan fingerprint density at radius 2 is 2.10 bits per heavy atom. The number of hydrogen-bond acceptors (Lipinski definition) is 3. The summed E-state index contributed by atoms with van der Waals surface area (Å²) < 4.78 is 0. The van der Waals surface area contributed by atoms with E-state index in [1.54, 1.807) is 0 Å². The number of para-hydroxylation sites is 1. The van der Waals surface area contributed by atoms with E-state index in [9.17, 15) is 4.79 Å². The highest BCUT2D eigenvalue weighted by atomic mass is 16.2. The number of anilines is 1. The number of rotatable bonds is 7. The van der Waals surface area contributed by atoms with Gasteiger partial charge in [-0.15, -0.1) is 0 Å². The Morgan fingerprint density at radius 1 is 1.29 bits per heavy atom. The molecule has 4 nitrogen and oxygen atoms in total. The van der Waals surface area contributed by atoms with Gasteiger partial charge in [0.1, 0.15) is 0 Å². The predicted octanol–water partition coefficient (Wildman–Crippen LogP) is 1.81. The van der Waals surface area contributed by atoms with E-state index in [1.807, 2.05) is 23.1 Å². The van der Waals surface area contributed by atoms with Crippen LogP contribution in [0.5, 0.6) is 0 Å². The largest absolute Gasteiger partial charge is 0.396 e. The summed E-state index contributed by atoms with van der Waals surface area (Å²) in [5.74, 6) is 0.218. The molecule has 0 atom stereocenters. The number of fused-ring (bicyclic) bond motifs is 1. The smallest absolute Gasteiger partial charge is 0.241 e. The van der Waals surface area contributed by atoms with Crippen molar-refractivity contribution in [1.82, 2.24) is 4.90 Å². The molecular formula is C17H24N2O2. The molecule has 1 aromatic carbocycles. The van der Waals surface area contributed by atoms with E-state index in [2.05, 4.69) is 11.0 Å². The summed E-state index contributed by atoms with van der Waals surface area (Å²) in [5.41, 5.74) is 2.37. The van der Waals surface area contributed by atoms with Crippen LogP contribution in [0.15, 0.2) is 24.3 Å². The van der Waals surface area contributed by atoms with E-state index in [0.717, 1.165) is 38.0 Å². The fourth-order valence-electron chi connectivity index (χ4n) is 3.11. The molecule has 1 fully saturated rings. The van der Waals surface area contributed by atoms with Gasteiger partial charge in [0.15, 0.2) is 0 Å². The number of benzene rings is 1. The third-order valence-electron chi connectivity index (χ3n) is 4.44. The number of amides is 1. The van der Waals surface area contributed by atoms with Gasteiger partial charge in [-0.3, -0.25) is 9.69 Å². The van der Waals surface area contributed by atoms with Crippen LogP contribution in [0.3, 0.4) is 0 Å². The average Bonchev–Trinajstić information content (AvgIpc) is 3.25. The van der Waals surface area contributed by atoms with Gasteiger partial charge in [0.2, 0.25) is 5.91 Å². The number of aliphatic hydroxyl groups is 1. The van der Waals surface area contributed by atoms with Crippen LogP contribution in [0.2, 0.25) is 0 Å². The molecule has 0 bridgehead atoms. The Balaban J connectivity index is 1.60. The molecule has 1 aliphatic heterocycles. The van der Waals surface area contributed by atoms with Crippen molar-refractivity contribution in [2.24, 2.45) is 0 Å². The van der Waals surface area contributed by atoms with Gasteiger partial charge in [-0.1, -0.05) is 18.2 Å². The topological polar surface area (TPSA) is 43.8 Å². The number of nitrogens with zero attached hydrogens (tertiary/aromatic N) is 2. The fraction of sp³-hybridized carbons (Fsp3) is 0.588. The molecular weight excluding hydrogens is 264 g/mol. The minimum atomic E-state index is 0.218. The molecule has 3 rings (SSSR count). The highest BCUT2D eigenvalue weighted by Crippen LogP contribution is 2.30. The number of aliphatic hydroxyl groups excluding tert-OH is 1. The second-order valence-electron chi connectivity index (χ2n) is 6.06. The first kappa shape index (κ1) is 14.5. The van der Waals surface area contributed by atoms with Gasteiger partial charge in [-0.2, -0.15) is 0 Å². The van der Waals surface area contributed by atoms with Crippen LogP contribution in [-0.2, 0) is 11.2 Å². The Morgan fingerprint density at radius 3 is 2.86 bits per heavy atom. The predicted molar refractivity (Wildman–Crippen MR) is 83.4 cm³/mol. The molecule has 0 unspecified atom stereocenters. The van der Waals surface area contributed by atoms with Crippen LogP contribution in [0.4, 0.5) is 5.69 Å². The van der Waals surface area contributed by atoms with Crippen molar-refractivity contribution in [3.05, 3.63) is 29.8 Å². The van der Waals surface area contributed by atoms with E-state index in [1.165, 1.54) is 18.4 Å². The molecule has 1 amide bonds. The van der Waals surface area contributed by atoms with Crippen molar-refractivity contribution in [1.29, 1.82) is 0 Å². The molecule has 21 heavy (non-hydrogen) atoms. The van der Waals surface area contributed by atoms with Crippen molar-refractivity contribution < 1.29 is 9.90 Å². The van der Waals surface area contributed by atoms with Gasteiger partial charge < -0.3 is 10.0 Å². The zero-order valence-corrected chi connectivity index (χ0v) is 12.5. The quantitative estimate of drug-likeness (QED) is 0.778. The minimum Gasteiger partial charge on any atom is -0.396 e. The SMILES string of the molecule is O=C(CN(CCCCO)C1CC1)N1CCc2ccccc21. The molecule has 1 heterocycles. The zero-order chi connectivity index (χ0) is 14.7. The van der Waals surface area contributed by atoms with Crippen LogP contribution in [0.25, 0.3) is 0 Å². The summed E-state index contributed by atoms with van der Waals surface area (Å²) in [6.45, 7) is 2.50. The zero-order valence-electron chi connectivity index (χ0n) is 12.5.